The van der Waals surface area contributed by atoms with E-state index in [4.69, 9.17) is 13.8 Å². The number of unbranched alkanes of at least 4 members (excludes halogenated alkanes) is 41. The summed E-state index contributed by atoms with van der Waals surface area (Å²) in [6.07, 6.45) is 70.0. The van der Waals surface area contributed by atoms with Gasteiger partial charge in [-0.25, -0.2) is 4.57 Å². The van der Waals surface area contributed by atoms with E-state index in [0.29, 0.717) is 23.9 Å². The molecule has 0 aliphatic carbocycles. The predicted octanol–water partition coefficient (Wildman–Crippen LogP) is 20.7. The first-order valence-corrected chi connectivity index (χ1v) is 34.8. The average Bonchev–Trinajstić information content (AvgIpc) is 3.39. The highest BCUT2D eigenvalue weighted by Crippen LogP contribution is 2.43. The number of nitrogens with one attached hydrogen (secondary N) is 1. The van der Waals surface area contributed by atoms with Gasteiger partial charge in [0.25, 0.3) is 0 Å². The Balaban J connectivity index is 5.14. The summed E-state index contributed by atoms with van der Waals surface area (Å²) in [4.78, 5) is 37.8. The maximum Gasteiger partial charge on any atom is 0.472 e. The first-order valence-electron chi connectivity index (χ1n) is 33.3. The number of amides is 1. The Bertz CT molecular complexity index is 1410. The number of hydrogen-bond acceptors (Lipinski definition) is 6. The van der Waals surface area contributed by atoms with Crippen LogP contribution in [0, 0.1) is 0 Å². The molecule has 77 heavy (non-hydrogen) atoms. The molecule has 1 amide bonds. The van der Waals surface area contributed by atoms with E-state index >= 15 is 0 Å². The van der Waals surface area contributed by atoms with Gasteiger partial charge >= 0.3 is 13.8 Å². The third-order valence-corrected chi connectivity index (χ3v) is 16.0. The van der Waals surface area contributed by atoms with Crippen molar-refractivity contribution in [2.24, 2.45) is 0 Å². The van der Waals surface area contributed by atoms with E-state index in [-0.39, 0.29) is 25.1 Å². The number of phosphoric ester groups is 1. The molecule has 2 N–H and O–H groups in total. The molecule has 10 heteroatoms. The lowest BCUT2D eigenvalue weighted by molar-refractivity contribution is -0.870. The highest BCUT2D eigenvalue weighted by Gasteiger charge is 2.30. The Labute approximate surface area is 478 Å². The van der Waals surface area contributed by atoms with E-state index in [1.807, 2.05) is 33.3 Å². The van der Waals surface area contributed by atoms with Gasteiger partial charge in [0.05, 0.1) is 33.8 Å². The molecule has 0 saturated heterocycles. The van der Waals surface area contributed by atoms with Crippen molar-refractivity contribution >= 4 is 19.7 Å². The van der Waals surface area contributed by atoms with Crippen LogP contribution in [-0.2, 0) is 27.9 Å². The number of allylic oxidation sites excluding steroid dienone is 5. The second kappa shape index (κ2) is 57.5. The van der Waals surface area contributed by atoms with Crippen molar-refractivity contribution in [3.05, 3.63) is 36.5 Å². The summed E-state index contributed by atoms with van der Waals surface area (Å²) < 4.78 is 30.8. The van der Waals surface area contributed by atoms with Crippen molar-refractivity contribution in [2.45, 2.75) is 341 Å². The van der Waals surface area contributed by atoms with Crippen LogP contribution in [0.4, 0.5) is 0 Å². The number of ether oxygens (including phenoxy) is 1. The number of nitrogens with zero attached hydrogens (tertiary/aromatic N) is 1. The van der Waals surface area contributed by atoms with E-state index < -0.39 is 20.0 Å². The Kier molecular flexibility index (Phi) is 56.1. The molecule has 0 aliphatic rings. The fourth-order valence-corrected chi connectivity index (χ4v) is 10.6. The minimum atomic E-state index is -4.45. The molecule has 0 spiro atoms. The number of esters is 1. The van der Waals surface area contributed by atoms with Crippen molar-refractivity contribution in [1.29, 1.82) is 0 Å². The van der Waals surface area contributed by atoms with Gasteiger partial charge in [-0.05, 0) is 83.1 Å². The van der Waals surface area contributed by atoms with Crippen LogP contribution in [-0.4, -0.2) is 74.3 Å². The number of rotatable bonds is 61. The van der Waals surface area contributed by atoms with Gasteiger partial charge < -0.3 is 19.4 Å². The highest BCUT2D eigenvalue weighted by molar-refractivity contribution is 7.47. The second-order valence-electron chi connectivity index (χ2n) is 24.0. The lowest BCUT2D eigenvalue weighted by atomic mass is 10.0. The van der Waals surface area contributed by atoms with Gasteiger partial charge in [0.2, 0.25) is 5.91 Å². The molecule has 0 bridgehead atoms. The van der Waals surface area contributed by atoms with Crippen LogP contribution < -0.4 is 5.32 Å². The number of likely N-dealkylation sites (N-methyl/N-ethyl adjacent to an activating group) is 1. The second-order valence-corrected chi connectivity index (χ2v) is 25.4. The molecule has 3 unspecified atom stereocenters. The van der Waals surface area contributed by atoms with Crippen LogP contribution in [0.2, 0.25) is 0 Å². The number of hydrogen-bond donors (Lipinski definition) is 2. The summed E-state index contributed by atoms with van der Waals surface area (Å²) in [7, 11) is 1.51. The zero-order chi connectivity index (χ0) is 56.4. The number of carbonyl (C=O) groups excluding carboxylic acids is 2. The minimum absolute atomic E-state index is 0.0415. The molecule has 0 fully saturated rings. The van der Waals surface area contributed by atoms with E-state index in [2.05, 4.69) is 50.4 Å². The van der Waals surface area contributed by atoms with E-state index in [9.17, 15) is 19.0 Å². The van der Waals surface area contributed by atoms with Gasteiger partial charge in [-0.1, -0.05) is 269 Å². The summed E-state index contributed by atoms with van der Waals surface area (Å²) in [5.74, 6) is -0.496. The lowest BCUT2D eigenvalue weighted by Crippen LogP contribution is -2.47. The molecule has 0 radical (unpaired) electrons. The molecular weight excluding hydrogens is 976 g/mol. The number of carbonyl (C=O) groups is 2. The zero-order valence-electron chi connectivity index (χ0n) is 52.0. The van der Waals surface area contributed by atoms with Crippen LogP contribution >= 0.6 is 7.82 Å². The van der Waals surface area contributed by atoms with E-state index in [1.54, 1.807) is 0 Å². The van der Waals surface area contributed by atoms with Crippen LogP contribution in [0.5, 0.6) is 0 Å². The SMILES string of the molecule is CCCCCC/C=C\CCCCCCCCCC(=O)NC(COP(=O)(O)OCC[N+](C)(C)C)C(/C=C\CCCCCCCCCCCCC)OC(=O)CCCCCCCCCCCCCCC/C=C/CCCCCCCC. The van der Waals surface area contributed by atoms with Crippen LogP contribution in [0.1, 0.15) is 329 Å². The smallest absolute Gasteiger partial charge is 0.456 e. The first-order chi connectivity index (χ1) is 37.4. The van der Waals surface area contributed by atoms with Gasteiger partial charge in [0.15, 0.2) is 0 Å². The number of phosphoric acid groups is 1. The Hall–Kier alpha value is -1.77. The average molecular weight is 1110 g/mol. The van der Waals surface area contributed by atoms with Gasteiger partial charge in [-0.15, -0.1) is 0 Å². The topological polar surface area (TPSA) is 111 Å². The Morgan fingerprint density at radius 2 is 0.753 bits per heavy atom. The molecule has 0 aromatic rings. The molecule has 9 nitrogen and oxygen atoms in total. The summed E-state index contributed by atoms with van der Waals surface area (Å²) in [5.41, 5.74) is 0. The lowest BCUT2D eigenvalue weighted by Gasteiger charge is -2.27. The van der Waals surface area contributed by atoms with Gasteiger partial charge in [-0.3, -0.25) is 18.6 Å². The largest absolute Gasteiger partial charge is 0.472 e. The fourth-order valence-electron chi connectivity index (χ4n) is 9.87. The minimum Gasteiger partial charge on any atom is -0.456 e. The molecule has 0 aliphatic heterocycles. The molecular formula is C67H130N2O7P+. The van der Waals surface area contributed by atoms with Crippen molar-refractivity contribution in [3.8, 4) is 0 Å². The monoisotopic (exact) mass is 1110 g/mol. The van der Waals surface area contributed by atoms with Crippen molar-refractivity contribution < 1.29 is 37.3 Å². The third kappa shape index (κ3) is 58.7. The van der Waals surface area contributed by atoms with Crippen LogP contribution in [0.25, 0.3) is 0 Å². The van der Waals surface area contributed by atoms with Gasteiger partial charge in [0, 0.05) is 12.8 Å². The molecule has 454 valence electrons. The molecule has 0 aromatic carbocycles. The van der Waals surface area contributed by atoms with Crippen molar-refractivity contribution in [2.75, 3.05) is 40.9 Å². The van der Waals surface area contributed by atoms with E-state index in [0.717, 1.165) is 64.2 Å². The molecule has 0 heterocycles. The quantitative estimate of drug-likeness (QED) is 0.0205. The molecule has 0 rings (SSSR count). The Morgan fingerprint density at radius 3 is 1.12 bits per heavy atom. The van der Waals surface area contributed by atoms with Crippen molar-refractivity contribution in [3.63, 3.8) is 0 Å². The van der Waals surface area contributed by atoms with E-state index in [1.165, 1.54) is 231 Å². The normalized spacial score (nSPS) is 13.8. The zero-order valence-corrected chi connectivity index (χ0v) is 52.9. The summed E-state index contributed by atoms with van der Waals surface area (Å²) in [6.45, 7) is 7.04. The Morgan fingerprint density at radius 1 is 0.442 bits per heavy atom. The molecule has 3 atom stereocenters. The van der Waals surface area contributed by atoms with Gasteiger partial charge in [-0.2, -0.15) is 0 Å². The van der Waals surface area contributed by atoms with Crippen LogP contribution in [0.3, 0.4) is 0 Å². The fraction of sp³-hybridized carbons (Fsp3) is 0.881. The van der Waals surface area contributed by atoms with Crippen LogP contribution in [0.15, 0.2) is 36.5 Å². The van der Waals surface area contributed by atoms with Crippen molar-refractivity contribution in [1.82, 2.24) is 5.32 Å². The first kappa shape index (κ1) is 75.2. The highest BCUT2D eigenvalue weighted by atomic mass is 31.2. The summed E-state index contributed by atoms with van der Waals surface area (Å²) >= 11 is 0. The maximum absolute atomic E-state index is 13.6. The molecule has 0 aromatic heterocycles. The molecule has 0 saturated carbocycles. The standard InChI is InChI=1S/C67H129N2O7P/c1-7-10-13-16-19-22-25-28-30-31-32-33-34-35-36-37-39-42-45-48-51-54-57-60-67(71)76-65(58-55-52-49-46-43-40-27-24-21-18-15-12-9-3)64(63-75-77(72,73)74-62-61-69(4,5)6)68-66(70)59-56-53-50-47-44-41-38-29-26-23-20-17-14-11-8-2/h23,26,28,30,55,58,64-65H,7-22,24-25,27,29,31-54,56-57,59-63H2,1-6H3,(H-,68,70,72,73)/p+1/b26-23-,30-28+,58-55-. The third-order valence-electron chi connectivity index (χ3n) is 15.1. The summed E-state index contributed by atoms with van der Waals surface area (Å²) in [5, 5.41) is 3.06. The summed E-state index contributed by atoms with van der Waals surface area (Å²) in [6, 6.07) is -0.848. The predicted molar refractivity (Wildman–Crippen MR) is 332 cm³/mol. The van der Waals surface area contributed by atoms with Gasteiger partial charge in [0.1, 0.15) is 19.3 Å². The number of quaternary nitrogens is 1. The maximum atomic E-state index is 13.6.